The van der Waals surface area contributed by atoms with Crippen molar-refractivity contribution in [2.24, 2.45) is 0 Å². The smallest absolute Gasteiger partial charge is 0.211 e. The number of methoxy groups -OCH3 is 1. The number of aryl methyl sites for hydroxylation is 1. The monoisotopic (exact) mass is 496 g/mol. The Morgan fingerprint density at radius 2 is 1.71 bits per heavy atom. The number of benzene rings is 3. The quantitative estimate of drug-likeness (QED) is 0.324. The van der Waals surface area contributed by atoms with Crippen LogP contribution >= 0.6 is 11.3 Å². The van der Waals surface area contributed by atoms with Crippen LogP contribution in [0.1, 0.15) is 20.8 Å². The highest BCUT2D eigenvalue weighted by atomic mass is 32.2. The van der Waals surface area contributed by atoms with Crippen molar-refractivity contribution >= 4 is 43.3 Å². The second-order valence-electron chi connectivity index (χ2n) is 7.51. The van der Waals surface area contributed by atoms with E-state index in [4.69, 9.17) is 10.5 Å². The summed E-state index contributed by atoms with van der Waals surface area (Å²) in [6.07, 6.45) is 0. The summed E-state index contributed by atoms with van der Waals surface area (Å²) in [5.74, 6) is -0.478. The average Bonchev–Trinajstić information content (AvgIpc) is 3.15. The van der Waals surface area contributed by atoms with Crippen LogP contribution in [-0.2, 0) is 9.84 Å². The number of hydrogen-bond donors (Lipinski definition) is 2. The summed E-state index contributed by atoms with van der Waals surface area (Å²) in [6.45, 7) is 1.91. The van der Waals surface area contributed by atoms with Crippen molar-refractivity contribution < 1.29 is 22.3 Å². The van der Waals surface area contributed by atoms with E-state index in [0.717, 1.165) is 29.0 Å². The number of sulfone groups is 1. The van der Waals surface area contributed by atoms with Crippen LogP contribution in [0.25, 0.3) is 0 Å². The Balaban J connectivity index is 1.87. The highest BCUT2D eigenvalue weighted by Crippen LogP contribution is 2.44. The van der Waals surface area contributed by atoms with E-state index in [9.17, 15) is 17.6 Å². The van der Waals surface area contributed by atoms with E-state index >= 15 is 0 Å². The summed E-state index contributed by atoms with van der Waals surface area (Å²) in [4.78, 5) is 13.0. The van der Waals surface area contributed by atoms with Crippen LogP contribution in [0.3, 0.4) is 0 Å². The van der Waals surface area contributed by atoms with Crippen molar-refractivity contribution in [1.29, 1.82) is 0 Å². The number of ketones is 1. The molecule has 0 spiro atoms. The number of carbonyl (C=O) groups excluding carboxylic acids is 1. The number of halogens is 1. The molecule has 1 heterocycles. The molecule has 0 fully saturated rings. The topological polar surface area (TPSA) is 98.5 Å². The molecule has 34 heavy (non-hydrogen) atoms. The third kappa shape index (κ3) is 4.52. The second-order valence-corrected chi connectivity index (χ2v) is 10.4. The molecule has 0 amide bonds. The summed E-state index contributed by atoms with van der Waals surface area (Å²) in [7, 11) is -2.62. The van der Waals surface area contributed by atoms with E-state index in [1.165, 1.54) is 43.5 Å². The molecular formula is C25H21FN2O4S2. The van der Waals surface area contributed by atoms with Crippen molar-refractivity contribution in [3.63, 3.8) is 0 Å². The van der Waals surface area contributed by atoms with Crippen LogP contribution in [0.4, 0.5) is 20.8 Å². The zero-order valence-corrected chi connectivity index (χ0v) is 20.0. The summed E-state index contributed by atoms with van der Waals surface area (Å²) in [5, 5.41) is 3.32. The number of nitrogens with one attached hydrogen (secondary N) is 1. The summed E-state index contributed by atoms with van der Waals surface area (Å²) < 4.78 is 45.7. The predicted octanol–water partition coefficient (Wildman–Crippen LogP) is 5.59. The molecule has 0 radical (unpaired) electrons. The predicted molar refractivity (Wildman–Crippen MR) is 131 cm³/mol. The Morgan fingerprint density at radius 1 is 1.03 bits per heavy atom. The lowest BCUT2D eigenvalue weighted by atomic mass is 10.1. The molecule has 0 saturated heterocycles. The molecule has 0 bridgehead atoms. The molecule has 0 aliphatic heterocycles. The van der Waals surface area contributed by atoms with Gasteiger partial charge in [-0.2, -0.15) is 0 Å². The van der Waals surface area contributed by atoms with Crippen LogP contribution in [0, 0.1) is 12.7 Å². The first-order valence-electron chi connectivity index (χ1n) is 10.2. The Labute approximate surface area is 200 Å². The first-order chi connectivity index (χ1) is 16.2. The Hall–Kier alpha value is -3.69. The van der Waals surface area contributed by atoms with Gasteiger partial charge < -0.3 is 15.8 Å². The second kappa shape index (κ2) is 9.28. The lowest BCUT2D eigenvalue weighted by molar-refractivity contribution is 0.104. The van der Waals surface area contributed by atoms with E-state index < -0.39 is 21.4 Å². The Morgan fingerprint density at radius 3 is 2.32 bits per heavy atom. The highest BCUT2D eigenvalue weighted by molar-refractivity contribution is 7.92. The van der Waals surface area contributed by atoms with Gasteiger partial charge in [-0.25, -0.2) is 12.8 Å². The SMILES string of the molecule is COc1ccc(S(=O)(=O)c2c(Nc3cccc(C)c3)sc(C(=O)c3ccc(F)cc3)c2N)cc1. The fourth-order valence-electron chi connectivity index (χ4n) is 3.41. The minimum atomic E-state index is -4.10. The average molecular weight is 497 g/mol. The van der Waals surface area contributed by atoms with Crippen LogP contribution in [0.2, 0.25) is 0 Å². The van der Waals surface area contributed by atoms with Gasteiger partial charge in [0.2, 0.25) is 15.6 Å². The first-order valence-corrected chi connectivity index (χ1v) is 12.5. The van der Waals surface area contributed by atoms with Gasteiger partial charge in [0, 0.05) is 11.3 Å². The molecule has 9 heteroatoms. The molecule has 4 aromatic rings. The lowest BCUT2D eigenvalue weighted by Crippen LogP contribution is -2.08. The van der Waals surface area contributed by atoms with Gasteiger partial charge in [-0.1, -0.05) is 12.1 Å². The van der Waals surface area contributed by atoms with Gasteiger partial charge in [-0.05, 0) is 73.2 Å². The van der Waals surface area contributed by atoms with Crippen molar-refractivity contribution in [3.8, 4) is 5.75 Å². The Bertz CT molecular complexity index is 1460. The maximum Gasteiger partial charge on any atom is 0.211 e. The first kappa shape index (κ1) is 23.5. The normalized spacial score (nSPS) is 11.3. The fourth-order valence-corrected chi connectivity index (χ4v) is 6.34. The van der Waals surface area contributed by atoms with Gasteiger partial charge in [0.25, 0.3) is 0 Å². The maximum absolute atomic E-state index is 13.6. The molecule has 0 aliphatic carbocycles. The zero-order chi connectivity index (χ0) is 24.5. The van der Waals surface area contributed by atoms with Crippen molar-refractivity contribution in [1.82, 2.24) is 0 Å². The molecule has 6 nitrogen and oxygen atoms in total. The molecule has 1 aromatic heterocycles. The third-order valence-electron chi connectivity index (χ3n) is 5.13. The van der Waals surface area contributed by atoms with Gasteiger partial charge in [0.1, 0.15) is 26.3 Å². The van der Waals surface area contributed by atoms with Gasteiger partial charge in [0.05, 0.1) is 17.7 Å². The number of hydrogen-bond acceptors (Lipinski definition) is 7. The van der Waals surface area contributed by atoms with E-state index in [0.29, 0.717) is 11.4 Å². The minimum absolute atomic E-state index is 0.00544. The molecule has 174 valence electrons. The number of rotatable bonds is 7. The molecule has 0 atom stereocenters. The van der Waals surface area contributed by atoms with Gasteiger partial charge >= 0.3 is 0 Å². The molecule has 0 aliphatic rings. The molecule has 0 saturated carbocycles. The minimum Gasteiger partial charge on any atom is -0.497 e. The molecular weight excluding hydrogens is 475 g/mol. The van der Waals surface area contributed by atoms with Crippen molar-refractivity contribution in [2.75, 3.05) is 18.2 Å². The summed E-state index contributed by atoms with van der Waals surface area (Å²) in [6, 6.07) is 18.3. The number of thiophene rings is 1. The van der Waals surface area contributed by atoms with Crippen LogP contribution in [-0.4, -0.2) is 21.3 Å². The summed E-state index contributed by atoms with van der Waals surface area (Å²) >= 11 is 0.940. The van der Waals surface area contributed by atoms with E-state index in [1.54, 1.807) is 6.07 Å². The van der Waals surface area contributed by atoms with E-state index in [-0.39, 0.29) is 30.9 Å². The van der Waals surface area contributed by atoms with Crippen molar-refractivity contribution in [2.45, 2.75) is 16.7 Å². The largest absolute Gasteiger partial charge is 0.497 e. The fraction of sp³-hybridized carbons (Fsp3) is 0.0800. The van der Waals surface area contributed by atoms with Gasteiger partial charge in [-0.15, -0.1) is 11.3 Å². The number of nitrogen functional groups attached to an aromatic ring is 1. The number of carbonyl (C=O) groups is 1. The van der Waals surface area contributed by atoms with E-state index in [2.05, 4.69) is 5.32 Å². The van der Waals surface area contributed by atoms with Crippen LogP contribution in [0.15, 0.2) is 82.6 Å². The molecule has 3 N–H and O–H groups in total. The number of anilines is 3. The van der Waals surface area contributed by atoms with Crippen molar-refractivity contribution in [3.05, 3.63) is 94.6 Å². The number of ether oxygens (including phenoxy) is 1. The van der Waals surface area contributed by atoms with Crippen LogP contribution < -0.4 is 15.8 Å². The van der Waals surface area contributed by atoms with E-state index in [1.807, 2.05) is 25.1 Å². The lowest BCUT2D eigenvalue weighted by Gasteiger charge is -2.10. The molecule has 0 unspecified atom stereocenters. The Kier molecular flexibility index (Phi) is 6.41. The molecule has 4 rings (SSSR count). The number of nitrogens with two attached hydrogens (primary N) is 1. The summed E-state index contributed by atoms with van der Waals surface area (Å²) in [5.41, 5.74) is 7.96. The zero-order valence-electron chi connectivity index (χ0n) is 18.3. The molecule has 3 aromatic carbocycles. The van der Waals surface area contributed by atoms with Crippen LogP contribution in [0.5, 0.6) is 5.75 Å². The maximum atomic E-state index is 13.6. The van der Waals surface area contributed by atoms with Gasteiger partial charge in [-0.3, -0.25) is 4.79 Å². The standard InChI is InChI=1S/C25H21FN2O4S2/c1-15-4-3-5-18(14-15)28-25-24(34(30,31)20-12-10-19(32-2)11-13-20)21(27)23(33-25)22(29)16-6-8-17(26)9-7-16/h3-14,28H,27H2,1-2H3. The highest BCUT2D eigenvalue weighted by Gasteiger charge is 2.31. The van der Waals surface area contributed by atoms with Gasteiger partial charge in [0.15, 0.2) is 0 Å². The third-order valence-corrected chi connectivity index (χ3v) is 8.23.